The summed E-state index contributed by atoms with van der Waals surface area (Å²) in [6.45, 7) is 0. The maximum Gasteiger partial charge on any atom is 0.416 e. The van der Waals surface area contributed by atoms with Crippen LogP contribution in [0.4, 0.5) is 24.5 Å². The number of para-hydroxylation sites is 1. The van der Waals surface area contributed by atoms with Crippen LogP contribution in [-0.2, 0) is 16.2 Å². The van der Waals surface area contributed by atoms with Gasteiger partial charge in [-0.3, -0.25) is 9.52 Å². The van der Waals surface area contributed by atoms with E-state index in [1.807, 2.05) is 0 Å². The van der Waals surface area contributed by atoms with Gasteiger partial charge in [0.25, 0.3) is 15.9 Å². The second kappa shape index (κ2) is 8.37. The van der Waals surface area contributed by atoms with Crippen LogP contribution in [0, 0.1) is 0 Å². The molecular weight excluding hydrogens is 441 g/mol. The van der Waals surface area contributed by atoms with E-state index in [0.717, 1.165) is 12.1 Å². The van der Waals surface area contributed by atoms with E-state index in [2.05, 4.69) is 10.0 Å². The number of rotatable bonds is 5. The van der Waals surface area contributed by atoms with Crippen molar-refractivity contribution in [2.45, 2.75) is 11.1 Å². The normalized spacial score (nSPS) is 11.7. The zero-order chi connectivity index (χ0) is 21.9. The predicted molar refractivity (Wildman–Crippen MR) is 108 cm³/mol. The second-order valence-electron chi connectivity index (χ2n) is 6.14. The molecule has 0 unspecified atom stereocenters. The first kappa shape index (κ1) is 21.7. The number of hydrogen-bond acceptors (Lipinski definition) is 3. The highest BCUT2D eigenvalue weighted by atomic mass is 35.5. The molecule has 5 nitrogen and oxygen atoms in total. The van der Waals surface area contributed by atoms with Crippen LogP contribution in [0.2, 0.25) is 5.02 Å². The zero-order valence-electron chi connectivity index (χ0n) is 15.1. The van der Waals surface area contributed by atoms with Gasteiger partial charge < -0.3 is 5.32 Å². The van der Waals surface area contributed by atoms with Gasteiger partial charge in [0.2, 0.25) is 0 Å². The zero-order valence-corrected chi connectivity index (χ0v) is 16.6. The first-order valence-electron chi connectivity index (χ1n) is 8.42. The Kier molecular flexibility index (Phi) is 6.04. The third kappa shape index (κ3) is 5.11. The van der Waals surface area contributed by atoms with Crippen molar-refractivity contribution in [2.75, 3.05) is 10.0 Å². The lowest BCUT2D eigenvalue weighted by atomic mass is 10.2. The molecule has 0 saturated heterocycles. The maximum atomic E-state index is 12.8. The Hall–Kier alpha value is -3.04. The van der Waals surface area contributed by atoms with Gasteiger partial charge in [-0.15, -0.1) is 0 Å². The summed E-state index contributed by atoms with van der Waals surface area (Å²) in [5.74, 6) is -0.502. The molecule has 0 aliphatic heterocycles. The predicted octanol–water partition coefficient (Wildman–Crippen LogP) is 5.41. The molecule has 0 aromatic heterocycles. The van der Waals surface area contributed by atoms with E-state index in [0.29, 0.717) is 16.8 Å². The number of anilines is 2. The van der Waals surface area contributed by atoms with Gasteiger partial charge in [-0.1, -0.05) is 29.8 Å². The second-order valence-corrected chi connectivity index (χ2v) is 8.23. The summed E-state index contributed by atoms with van der Waals surface area (Å²) in [5.41, 5.74) is -0.639. The first-order chi connectivity index (χ1) is 14.1. The smallest absolute Gasteiger partial charge is 0.321 e. The van der Waals surface area contributed by atoms with Crippen LogP contribution in [0.3, 0.4) is 0 Å². The minimum Gasteiger partial charge on any atom is -0.321 e. The summed E-state index contributed by atoms with van der Waals surface area (Å²) in [7, 11) is -4.15. The highest BCUT2D eigenvalue weighted by molar-refractivity contribution is 7.92. The standard InChI is InChI=1S/C20H14ClF3N2O3S/c21-17-6-1-2-7-18(17)25-19(27)13-8-10-16(11-9-13)30(28,29)26-15-5-3-4-14(12-15)20(22,23)24/h1-12,26H,(H,25,27). The largest absolute Gasteiger partial charge is 0.416 e. The topological polar surface area (TPSA) is 75.3 Å². The van der Waals surface area contributed by atoms with Gasteiger partial charge in [-0.05, 0) is 54.6 Å². The van der Waals surface area contributed by atoms with Crippen LogP contribution in [0.1, 0.15) is 15.9 Å². The van der Waals surface area contributed by atoms with Gasteiger partial charge in [0.1, 0.15) is 0 Å². The SMILES string of the molecule is O=C(Nc1ccccc1Cl)c1ccc(S(=O)(=O)Nc2cccc(C(F)(F)F)c2)cc1. The molecule has 10 heteroatoms. The van der Waals surface area contributed by atoms with Crippen LogP contribution in [0.25, 0.3) is 0 Å². The lowest BCUT2D eigenvalue weighted by Gasteiger charge is -2.12. The lowest BCUT2D eigenvalue weighted by molar-refractivity contribution is -0.137. The van der Waals surface area contributed by atoms with Crippen molar-refractivity contribution in [3.63, 3.8) is 0 Å². The summed E-state index contributed by atoms with van der Waals surface area (Å²) in [6.07, 6.45) is -4.60. The molecule has 1 amide bonds. The Labute approximate surface area is 175 Å². The van der Waals surface area contributed by atoms with Crippen molar-refractivity contribution in [2.24, 2.45) is 0 Å². The molecule has 30 heavy (non-hydrogen) atoms. The van der Waals surface area contributed by atoms with Gasteiger partial charge in [0.05, 0.1) is 21.2 Å². The number of sulfonamides is 1. The molecule has 0 bridgehead atoms. The van der Waals surface area contributed by atoms with E-state index in [1.165, 1.54) is 30.3 Å². The van der Waals surface area contributed by atoms with Gasteiger partial charge in [0, 0.05) is 11.3 Å². The first-order valence-corrected chi connectivity index (χ1v) is 10.3. The number of hydrogen-bond donors (Lipinski definition) is 2. The Balaban J connectivity index is 1.76. The molecule has 0 atom stereocenters. The highest BCUT2D eigenvalue weighted by Gasteiger charge is 2.30. The Bertz CT molecular complexity index is 1180. The summed E-state index contributed by atoms with van der Waals surface area (Å²) in [6, 6.07) is 15.4. The van der Waals surface area contributed by atoms with E-state index >= 15 is 0 Å². The molecule has 156 valence electrons. The van der Waals surface area contributed by atoms with E-state index in [4.69, 9.17) is 11.6 Å². The summed E-state index contributed by atoms with van der Waals surface area (Å²) in [5, 5.41) is 2.95. The molecule has 3 aromatic rings. The van der Waals surface area contributed by atoms with Crippen molar-refractivity contribution in [1.82, 2.24) is 0 Å². The van der Waals surface area contributed by atoms with E-state index in [9.17, 15) is 26.4 Å². The van der Waals surface area contributed by atoms with Crippen LogP contribution < -0.4 is 10.0 Å². The van der Waals surface area contributed by atoms with Gasteiger partial charge >= 0.3 is 6.18 Å². The Morgan fingerprint density at radius 3 is 2.20 bits per heavy atom. The molecule has 0 aliphatic rings. The minimum atomic E-state index is -4.60. The molecule has 0 aliphatic carbocycles. The van der Waals surface area contributed by atoms with E-state index < -0.39 is 27.7 Å². The number of carbonyl (C=O) groups is 1. The average Bonchev–Trinajstić information content (AvgIpc) is 2.69. The van der Waals surface area contributed by atoms with Crippen LogP contribution >= 0.6 is 11.6 Å². The van der Waals surface area contributed by atoms with Crippen molar-refractivity contribution < 1.29 is 26.4 Å². The number of carbonyl (C=O) groups excluding carboxylic acids is 1. The monoisotopic (exact) mass is 454 g/mol. The molecule has 3 aromatic carbocycles. The fourth-order valence-corrected chi connectivity index (χ4v) is 3.75. The molecule has 0 saturated carbocycles. The summed E-state index contributed by atoms with van der Waals surface area (Å²) < 4.78 is 65.4. The minimum absolute atomic E-state index is 0.174. The van der Waals surface area contributed by atoms with Gasteiger partial charge in [-0.25, -0.2) is 8.42 Å². The molecule has 0 heterocycles. The van der Waals surface area contributed by atoms with Gasteiger partial charge in [0.15, 0.2) is 0 Å². The van der Waals surface area contributed by atoms with Crippen molar-refractivity contribution in [1.29, 1.82) is 0 Å². The van der Waals surface area contributed by atoms with Crippen LogP contribution in [0.5, 0.6) is 0 Å². The molecular formula is C20H14ClF3N2O3S. The summed E-state index contributed by atoms with van der Waals surface area (Å²) >= 11 is 5.98. The van der Waals surface area contributed by atoms with Crippen molar-refractivity contribution >= 4 is 38.9 Å². The quantitative estimate of drug-likeness (QED) is 0.541. The Morgan fingerprint density at radius 2 is 1.57 bits per heavy atom. The van der Waals surface area contributed by atoms with E-state index in [1.54, 1.807) is 24.3 Å². The third-order valence-corrected chi connectivity index (χ3v) is 5.72. The molecule has 0 radical (unpaired) electrons. The number of nitrogens with one attached hydrogen (secondary N) is 2. The molecule has 3 rings (SSSR count). The maximum absolute atomic E-state index is 12.8. The van der Waals surface area contributed by atoms with E-state index in [-0.39, 0.29) is 16.1 Å². The fourth-order valence-electron chi connectivity index (χ4n) is 2.52. The number of amides is 1. The van der Waals surface area contributed by atoms with Crippen molar-refractivity contribution in [3.05, 3.63) is 88.9 Å². The van der Waals surface area contributed by atoms with Crippen LogP contribution in [-0.4, -0.2) is 14.3 Å². The molecule has 2 N–H and O–H groups in total. The number of halogens is 4. The molecule has 0 spiro atoms. The summed E-state index contributed by atoms with van der Waals surface area (Å²) in [4.78, 5) is 12.1. The Morgan fingerprint density at radius 1 is 0.900 bits per heavy atom. The number of alkyl halides is 3. The van der Waals surface area contributed by atoms with Crippen LogP contribution in [0.15, 0.2) is 77.7 Å². The number of benzene rings is 3. The molecule has 0 fully saturated rings. The third-order valence-electron chi connectivity index (χ3n) is 3.99. The highest BCUT2D eigenvalue weighted by Crippen LogP contribution is 2.31. The lowest BCUT2D eigenvalue weighted by Crippen LogP contribution is -2.15. The van der Waals surface area contributed by atoms with Crippen molar-refractivity contribution in [3.8, 4) is 0 Å². The van der Waals surface area contributed by atoms with Gasteiger partial charge in [-0.2, -0.15) is 13.2 Å². The fraction of sp³-hybridized carbons (Fsp3) is 0.0500. The average molecular weight is 455 g/mol.